The minimum Gasteiger partial charge on any atom is -0.365 e. The second kappa shape index (κ2) is 5.59. The molecule has 0 bridgehead atoms. The molecule has 1 N–H and O–H groups in total. The Morgan fingerprint density at radius 3 is 2.80 bits per heavy atom. The number of rotatable bonds is 3. The molecule has 3 rings (SSSR count). The largest absolute Gasteiger partial charge is 0.365 e. The molecule has 4 heteroatoms. The second-order valence-electron chi connectivity index (χ2n) is 4.64. The Kier molecular flexibility index (Phi) is 3.65. The number of nitrogens with one attached hydrogen (secondary N) is 1. The van der Waals surface area contributed by atoms with Gasteiger partial charge in [0.25, 0.3) is 0 Å². The van der Waals surface area contributed by atoms with Crippen molar-refractivity contribution < 1.29 is 0 Å². The van der Waals surface area contributed by atoms with Crippen molar-refractivity contribution in [1.82, 2.24) is 9.97 Å². The number of halogens is 1. The van der Waals surface area contributed by atoms with Gasteiger partial charge in [-0.1, -0.05) is 24.3 Å². The summed E-state index contributed by atoms with van der Waals surface area (Å²) in [6, 6.07) is 12.2. The predicted octanol–water partition coefficient (Wildman–Crippen LogP) is 4.31. The van der Waals surface area contributed by atoms with E-state index in [-0.39, 0.29) is 0 Å². The van der Waals surface area contributed by atoms with Crippen molar-refractivity contribution >= 4 is 32.7 Å². The fraction of sp³-hybridized carbons (Fsp3) is 0.125. The predicted molar refractivity (Wildman–Crippen MR) is 85.7 cm³/mol. The van der Waals surface area contributed by atoms with Crippen molar-refractivity contribution in [3.8, 4) is 0 Å². The van der Waals surface area contributed by atoms with Crippen LogP contribution in [0.3, 0.4) is 0 Å². The molecule has 0 radical (unpaired) electrons. The summed E-state index contributed by atoms with van der Waals surface area (Å²) in [6.07, 6.45) is 3.64. The van der Waals surface area contributed by atoms with Gasteiger partial charge in [-0.05, 0) is 46.1 Å². The summed E-state index contributed by atoms with van der Waals surface area (Å²) in [5, 5.41) is 4.52. The van der Waals surface area contributed by atoms with Gasteiger partial charge in [-0.3, -0.25) is 4.98 Å². The molecule has 0 aliphatic rings. The first kappa shape index (κ1) is 13.1. The van der Waals surface area contributed by atoms with Crippen LogP contribution in [-0.4, -0.2) is 9.97 Å². The minimum atomic E-state index is 0.698. The van der Waals surface area contributed by atoms with E-state index in [2.05, 4.69) is 62.4 Å². The SMILES string of the molecule is Cc1ccnc(NCc2cccc3cccnc23)c1Br. The molecular weight excluding hydrogens is 314 g/mol. The molecule has 2 aromatic heterocycles. The van der Waals surface area contributed by atoms with Crippen LogP contribution in [0.1, 0.15) is 11.1 Å². The first-order chi connectivity index (χ1) is 9.75. The molecule has 2 heterocycles. The van der Waals surface area contributed by atoms with Crippen molar-refractivity contribution in [2.45, 2.75) is 13.5 Å². The van der Waals surface area contributed by atoms with Gasteiger partial charge in [-0.25, -0.2) is 4.98 Å². The number of fused-ring (bicyclic) bond motifs is 1. The quantitative estimate of drug-likeness (QED) is 0.778. The van der Waals surface area contributed by atoms with Crippen molar-refractivity contribution in [3.05, 3.63) is 64.4 Å². The fourth-order valence-corrected chi connectivity index (χ4v) is 2.53. The first-order valence-corrected chi connectivity index (χ1v) is 7.22. The van der Waals surface area contributed by atoms with Gasteiger partial charge in [-0.15, -0.1) is 0 Å². The van der Waals surface area contributed by atoms with Gasteiger partial charge in [0.1, 0.15) is 5.82 Å². The topological polar surface area (TPSA) is 37.8 Å². The second-order valence-corrected chi connectivity index (χ2v) is 5.43. The summed E-state index contributed by atoms with van der Waals surface area (Å²) >= 11 is 3.56. The monoisotopic (exact) mass is 327 g/mol. The normalized spacial score (nSPS) is 10.7. The molecule has 0 aliphatic carbocycles. The average Bonchev–Trinajstić information content (AvgIpc) is 2.49. The Labute approximate surface area is 126 Å². The highest BCUT2D eigenvalue weighted by Crippen LogP contribution is 2.24. The number of aryl methyl sites for hydroxylation is 1. The van der Waals surface area contributed by atoms with E-state index < -0.39 is 0 Å². The minimum absolute atomic E-state index is 0.698. The summed E-state index contributed by atoms with van der Waals surface area (Å²) in [6.45, 7) is 2.75. The molecule has 1 aromatic carbocycles. The van der Waals surface area contributed by atoms with E-state index in [1.54, 1.807) is 0 Å². The molecule has 3 nitrogen and oxygen atoms in total. The van der Waals surface area contributed by atoms with Crippen LogP contribution >= 0.6 is 15.9 Å². The van der Waals surface area contributed by atoms with Crippen LogP contribution in [0.2, 0.25) is 0 Å². The van der Waals surface area contributed by atoms with Gasteiger partial charge in [0, 0.05) is 24.3 Å². The number of anilines is 1. The molecule has 0 amide bonds. The molecule has 3 aromatic rings. The summed E-state index contributed by atoms with van der Waals surface area (Å²) in [5.74, 6) is 0.859. The van der Waals surface area contributed by atoms with Crippen LogP contribution in [0, 0.1) is 6.92 Å². The Morgan fingerprint density at radius 1 is 1.05 bits per heavy atom. The molecule has 0 atom stereocenters. The number of pyridine rings is 2. The third-order valence-electron chi connectivity index (χ3n) is 3.24. The highest BCUT2D eigenvalue weighted by Gasteiger charge is 2.05. The number of hydrogen-bond donors (Lipinski definition) is 1. The summed E-state index contributed by atoms with van der Waals surface area (Å²) in [7, 11) is 0. The van der Waals surface area contributed by atoms with Gasteiger partial charge >= 0.3 is 0 Å². The lowest BCUT2D eigenvalue weighted by molar-refractivity contribution is 1.10. The number of benzene rings is 1. The maximum absolute atomic E-state index is 4.46. The molecule has 0 unspecified atom stereocenters. The molecular formula is C16H14BrN3. The van der Waals surface area contributed by atoms with E-state index in [4.69, 9.17) is 0 Å². The third kappa shape index (κ3) is 2.51. The fourth-order valence-electron chi connectivity index (χ4n) is 2.15. The van der Waals surface area contributed by atoms with Crippen molar-refractivity contribution in [3.63, 3.8) is 0 Å². The molecule has 0 fully saturated rings. The zero-order valence-electron chi connectivity index (χ0n) is 11.1. The van der Waals surface area contributed by atoms with E-state index in [1.165, 1.54) is 11.1 Å². The van der Waals surface area contributed by atoms with Gasteiger partial charge < -0.3 is 5.32 Å². The number of aromatic nitrogens is 2. The third-order valence-corrected chi connectivity index (χ3v) is 4.25. The zero-order chi connectivity index (χ0) is 13.9. The highest BCUT2D eigenvalue weighted by atomic mass is 79.9. The van der Waals surface area contributed by atoms with E-state index in [0.29, 0.717) is 6.54 Å². The average molecular weight is 328 g/mol. The summed E-state index contributed by atoms with van der Waals surface area (Å²) < 4.78 is 1.01. The van der Waals surface area contributed by atoms with E-state index in [1.807, 2.05) is 24.5 Å². The van der Waals surface area contributed by atoms with Crippen molar-refractivity contribution in [2.24, 2.45) is 0 Å². The van der Waals surface area contributed by atoms with Gasteiger partial charge in [-0.2, -0.15) is 0 Å². The Balaban J connectivity index is 1.89. The lowest BCUT2D eigenvalue weighted by Gasteiger charge is -2.10. The number of nitrogens with zero attached hydrogens (tertiary/aromatic N) is 2. The van der Waals surface area contributed by atoms with E-state index >= 15 is 0 Å². The Hall–Kier alpha value is -1.94. The van der Waals surface area contributed by atoms with Crippen LogP contribution in [-0.2, 0) is 6.54 Å². The van der Waals surface area contributed by atoms with Crippen LogP contribution in [0.4, 0.5) is 5.82 Å². The Morgan fingerprint density at radius 2 is 1.90 bits per heavy atom. The van der Waals surface area contributed by atoms with E-state index in [0.717, 1.165) is 21.2 Å². The van der Waals surface area contributed by atoms with Crippen LogP contribution in [0.25, 0.3) is 10.9 Å². The number of hydrogen-bond acceptors (Lipinski definition) is 3. The van der Waals surface area contributed by atoms with Crippen LogP contribution < -0.4 is 5.32 Å². The molecule has 0 saturated carbocycles. The molecule has 0 aliphatic heterocycles. The molecule has 20 heavy (non-hydrogen) atoms. The number of para-hydroxylation sites is 1. The zero-order valence-corrected chi connectivity index (χ0v) is 12.7. The van der Waals surface area contributed by atoms with Crippen molar-refractivity contribution in [1.29, 1.82) is 0 Å². The molecule has 100 valence electrons. The first-order valence-electron chi connectivity index (χ1n) is 6.43. The van der Waals surface area contributed by atoms with Gasteiger partial charge in [0.15, 0.2) is 0 Å². The maximum atomic E-state index is 4.46. The summed E-state index contributed by atoms with van der Waals surface area (Å²) in [4.78, 5) is 8.82. The van der Waals surface area contributed by atoms with Gasteiger partial charge in [0.05, 0.1) is 9.99 Å². The lowest BCUT2D eigenvalue weighted by atomic mass is 10.1. The smallest absolute Gasteiger partial charge is 0.140 e. The maximum Gasteiger partial charge on any atom is 0.140 e. The Bertz CT molecular complexity index is 750. The summed E-state index contributed by atoms with van der Waals surface area (Å²) in [5.41, 5.74) is 3.36. The van der Waals surface area contributed by atoms with Crippen LogP contribution in [0.5, 0.6) is 0 Å². The van der Waals surface area contributed by atoms with Gasteiger partial charge in [0.2, 0.25) is 0 Å². The molecule has 0 spiro atoms. The molecule has 0 saturated heterocycles. The highest BCUT2D eigenvalue weighted by molar-refractivity contribution is 9.10. The van der Waals surface area contributed by atoms with E-state index in [9.17, 15) is 0 Å². The lowest BCUT2D eigenvalue weighted by Crippen LogP contribution is -2.03. The standard InChI is InChI=1S/C16H14BrN3/c1-11-7-9-19-16(14(11)17)20-10-13-5-2-4-12-6-3-8-18-15(12)13/h2-9H,10H2,1H3,(H,19,20). The van der Waals surface area contributed by atoms with Crippen molar-refractivity contribution in [2.75, 3.05) is 5.32 Å². The van der Waals surface area contributed by atoms with Crippen LogP contribution in [0.15, 0.2) is 53.3 Å².